The van der Waals surface area contributed by atoms with E-state index >= 15 is 0 Å². The molecule has 1 aromatic carbocycles. The van der Waals surface area contributed by atoms with Crippen molar-refractivity contribution in [2.24, 2.45) is 7.05 Å². The smallest absolute Gasteiger partial charge is 0.313 e. The number of carbonyl (C=O) groups excluding carboxylic acids is 1. The molecule has 98 valence electrons. The van der Waals surface area contributed by atoms with Gasteiger partial charge in [-0.1, -0.05) is 29.4 Å². The van der Waals surface area contributed by atoms with Gasteiger partial charge in [0.2, 0.25) is 0 Å². The van der Waals surface area contributed by atoms with Gasteiger partial charge in [-0.2, -0.15) is 4.80 Å². The number of aryl methyl sites for hydroxylation is 1. The van der Waals surface area contributed by atoms with Crippen LogP contribution < -0.4 is 5.32 Å². The zero-order valence-electron chi connectivity index (χ0n) is 10.7. The molecule has 7 heteroatoms. The molecule has 0 aliphatic carbocycles. The predicted octanol–water partition coefficient (Wildman–Crippen LogP) is 1.32. The minimum atomic E-state index is -0.211. The van der Waals surface area contributed by atoms with Crippen LogP contribution in [0.15, 0.2) is 24.3 Å². The highest BCUT2D eigenvalue weighted by molar-refractivity contribution is 5.88. The second kappa shape index (κ2) is 4.34. The van der Waals surface area contributed by atoms with Crippen molar-refractivity contribution in [1.29, 1.82) is 0 Å². The molecule has 2 aromatic rings. The zero-order chi connectivity index (χ0) is 13.4. The summed E-state index contributed by atoms with van der Waals surface area (Å²) in [6.45, 7) is 2.61. The number of hydrogen-bond donors (Lipinski definition) is 1. The molecule has 2 heterocycles. The second-order valence-corrected chi connectivity index (χ2v) is 4.54. The molecule has 3 rings (SSSR count). The fraction of sp³-hybridized carbons (Fsp3) is 0.333. The molecule has 0 fully saturated rings. The van der Waals surface area contributed by atoms with Gasteiger partial charge in [0.15, 0.2) is 0 Å². The van der Waals surface area contributed by atoms with Crippen LogP contribution in [0.1, 0.15) is 24.1 Å². The summed E-state index contributed by atoms with van der Waals surface area (Å²) < 4.78 is 0. The standard InChI is InChI=1S/C12H14N6O/c1-8-10-6-4-3-5-9(10)7-18(8)12(19)13-11-14-16-17(2)15-11/h3-6,8H,7H2,1-2H3,(H,13,15,19). The Hall–Kier alpha value is -2.44. The highest BCUT2D eigenvalue weighted by Gasteiger charge is 2.30. The number of nitrogens with zero attached hydrogens (tertiary/aromatic N) is 5. The van der Waals surface area contributed by atoms with Gasteiger partial charge < -0.3 is 4.90 Å². The summed E-state index contributed by atoms with van der Waals surface area (Å²) in [7, 11) is 1.65. The lowest BCUT2D eigenvalue weighted by Gasteiger charge is -2.21. The molecule has 2 amide bonds. The van der Waals surface area contributed by atoms with Crippen LogP contribution in [0.3, 0.4) is 0 Å². The zero-order valence-corrected chi connectivity index (χ0v) is 10.7. The number of tetrazole rings is 1. The normalized spacial score (nSPS) is 17.4. The first-order valence-corrected chi connectivity index (χ1v) is 6.04. The SMILES string of the molecule is CC1c2ccccc2CN1C(=O)Nc1nnn(C)n1. The van der Waals surface area contributed by atoms with E-state index in [9.17, 15) is 4.79 Å². The molecule has 0 saturated carbocycles. The molecule has 1 aromatic heterocycles. The molecule has 0 spiro atoms. The van der Waals surface area contributed by atoms with Crippen molar-refractivity contribution in [2.45, 2.75) is 19.5 Å². The minimum absolute atomic E-state index is 0.0490. The summed E-state index contributed by atoms with van der Waals surface area (Å²) in [5, 5.41) is 14.0. The van der Waals surface area contributed by atoms with Crippen LogP contribution in [0.4, 0.5) is 10.7 Å². The van der Waals surface area contributed by atoms with Gasteiger partial charge in [-0.3, -0.25) is 5.32 Å². The van der Waals surface area contributed by atoms with Crippen LogP contribution in [0.25, 0.3) is 0 Å². The fourth-order valence-electron chi connectivity index (χ4n) is 2.32. The maximum Gasteiger partial charge on any atom is 0.325 e. The van der Waals surface area contributed by atoms with E-state index in [-0.39, 0.29) is 18.0 Å². The molecule has 0 bridgehead atoms. The van der Waals surface area contributed by atoms with E-state index in [2.05, 4.69) is 20.7 Å². The lowest BCUT2D eigenvalue weighted by Crippen LogP contribution is -2.32. The Balaban J connectivity index is 1.76. The molecule has 1 N–H and O–H groups in total. The maximum atomic E-state index is 12.2. The summed E-state index contributed by atoms with van der Waals surface area (Å²) in [5.41, 5.74) is 2.36. The van der Waals surface area contributed by atoms with Crippen molar-refractivity contribution >= 4 is 12.0 Å². The van der Waals surface area contributed by atoms with Crippen molar-refractivity contribution in [3.63, 3.8) is 0 Å². The number of benzene rings is 1. The average Bonchev–Trinajstić information content (AvgIpc) is 2.94. The monoisotopic (exact) mass is 258 g/mol. The molecule has 7 nitrogen and oxygen atoms in total. The van der Waals surface area contributed by atoms with E-state index < -0.39 is 0 Å². The van der Waals surface area contributed by atoms with Gasteiger partial charge >= 0.3 is 6.03 Å². The van der Waals surface area contributed by atoms with Crippen molar-refractivity contribution in [1.82, 2.24) is 25.1 Å². The number of urea groups is 1. The Kier molecular flexibility index (Phi) is 2.66. The second-order valence-electron chi connectivity index (χ2n) is 4.54. The van der Waals surface area contributed by atoms with Gasteiger partial charge in [0.05, 0.1) is 13.1 Å². The third-order valence-corrected chi connectivity index (χ3v) is 3.30. The molecule has 0 saturated heterocycles. The lowest BCUT2D eigenvalue weighted by molar-refractivity contribution is 0.199. The first-order valence-electron chi connectivity index (χ1n) is 6.04. The van der Waals surface area contributed by atoms with Crippen molar-refractivity contribution in [3.8, 4) is 0 Å². The van der Waals surface area contributed by atoms with Gasteiger partial charge in [-0.05, 0) is 23.3 Å². The van der Waals surface area contributed by atoms with Crippen LogP contribution in [-0.2, 0) is 13.6 Å². The van der Waals surface area contributed by atoms with Crippen LogP contribution in [-0.4, -0.2) is 31.1 Å². The highest BCUT2D eigenvalue weighted by Crippen LogP contribution is 2.33. The Morgan fingerprint density at radius 3 is 2.89 bits per heavy atom. The van der Waals surface area contributed by atoms with Gasteiger partial charge in [0, 0.05) is 6.54 Å². The third kappa shape index (κ3) is 2.03. The summed E-state index contributed by atoms with van der Waals surface area (Å²) in [4.78, 5) is 15.3. The average molecular weight is 258 g/mol. The van der Waals surface area contributed by atoms with E-state index in [0.717, 1.165) is 0 Å². The predicted molar refractivity (Wildman–Crippen MR) is 68.2 cm³/mol. The van der Waals surface area contributed by atoms with E-state index in [4.69, 9.17) is 0 Å². The number of hydrogen-bond acceptors (Lipinski definition) is 4. The summed E-state index contributed by atoms with van der Waals surface area (Å²) in [6, 6.07) is 7.90. The Morgan fingerprint density at radius 1 is 1.42 bits per heavy atom. The lowest BCUT2D eigenvalue weighted by atomic mass is 10.1. The van der Waals surface area contributed by atoms with Crippen LogP contribution in [0.2, 0.25) is 0 Å². The number of anilines is 1. The molecule has 1 unspecified atom stereocenters. The number of rotatable bonds is 1. The topological polar surface area (TPSA) is 75.9 Å². The largest absolute Gasteiger partial charge is 0.325 e. The van der Waals surface area contributed by atoms with Crippen LogP contribution >= 0.6 is 0 Å². The quantitative estimate of drug-likeness (QED) is 0.837. The minimum Gasteiger partial charge on any atom is -0.313 e. The van der Waals surface area contributed by atoms with Gasteiger partial charge in [-0.25, -0.2) is 4.79 Å². The number of fused-ring (bicyclic) bond motifs is 1. The Labute approximate surface area is 110 Å². The summed E-state index contributed by atoms with van der Waals surface area (Å²) >= 11 is 0. The Bertz CT molecular complexity index is 622. The number of nitrogens with one attached hydrogen (secondary N) is 1. The fourth-order valence-corrected chi connectivity index (χ4v) is 2.32. The number of carbonyl (C=O) groups is 1. The number of amides is 2. The van der Waals surface area contributed by atoms with Crippen molar-refractivity contribution in [2.75, 3.05) is 5.32 Å². The third-order valence-electron chi connectivity index (χ3n) is 3.30. The first-order chi connectivity index (χ1) is 9.15. The molecular formula is C12H14N6O. The molecule has 0 radical (unpaired) electrons. The molecular weight excluding hydrogens is 244 g/mol. The molecule has 19 heavy (non-hydrogen) atoms. The van der Waals surface area contributed by atoms with E-state index in [0.29, 0.717) is 6.54 Å². The molecule has 1 atom stereocenters. The molecule has 1 aliphatic heterocycles. The van der Waals surface area contributed by atoms with Crippen LogP contribution in [0.5, 0.6) is 0 Å². The first kappa shape index (κ1) is 11.6. The van der Waals surface area contributed by atoms with Crippen molar-refractivity contribution in [3.05, 3.63) is 35.4 Å². The number of aromatic nitrogens is 4. The van der Waals surface area contributed by atoms with Crippen molar-refractivity contribution < 1.29 is 4.79 Å². The van der Waals surface area contributed by atoms with Gasteiger partial charge in [-0.15, -0.1) is 5.10 Å². The highest BCUT2D eigenvalue weighted by atomic mass is 16.2. The Morgan fingerprint density at radius 2 is 2.21 bits per heavy atom. The van der Waals surface area contributed by atoms with E-state index in [1.807, 2.05) is 31.2 Å². The van der Waals surface area contributed by atoms with E-state index in [1.165, 1.54) is 15.9 Å². The summed E-state index contributed by atoms with van der Waals surface area (Å²) in [6.07, 6.45) is 0. The van der Waals surface area contributed by atoms with E-state index in [1.54, 1.807) is 11.9 Å². The summed E-state index contributed by atoms with van der Waals surface area (Å²) in [5.74, 6) is 0.218. The van der Waals surface area contributed by atoms with Gasteiger partial charge in [0.1, 0.15) is 0 Å². The maximum absolute atomic E-state index is 12.2. The van der Waals surface area contributed by atoms with Gasteiger partial charge in [0.25, 0.3) is 5.95 Å². The molecule has 1 aliphatic rings. The van der Waals surface area contributed by atoms with Crippen LogP contribution in [0, 0.1) is 0 Å².